The third-order valence-corrected chi connectivity index (χ3v) is 0.913. The molecule has 0 saturated carbocycles. The van der Waals surface area contributed by atoms with Crippen molar-refractivity contribution in [3.63, 3.8) is 0 Å². The molecule has 0 aliphatic carbocycles. The zero-order valence-electron chi connectivity index (χ0n) is 4.33. The summed E-state index contributed by atoms with van der Waals surface area (Å²) < 4.78 is 0. The summed E-state index contributed by atoms with van der Waals surface area (Å²) >= 11 is 0. The molecule has 0 N–H and O–H groups in total. The van der Waals surface area contributed by atoms with Gasteiger partial charge in [0.05, 0.1) is 6.04 Å². The molecule has 0 amide bonds. The van der Waals surface area contributed by atoms with Crippen LogP contribution in [0.2, 0.25) is 0 Å². The van der Waals surface area contributed by atoms with Gasteiger partial charge in [-0.15, -0.1) is 0 Å². The molecular formula is C5H8N2. The molecule has 0 aromatic heterocycles. The van der Waals surface area contributed by atoms with Crippen LogP contribution in [0, 0.1) is 0 Å². The fourth-order valence-corrected chi connectivity index (χ4v) is 0.504. The molecule has 0 bridgehead atoms. The summed E-state index contributed by atoms with van der Waals surface area (Å²) in [6.45, 7) is 2.05. The first-order valence-corrected chi connectivity index (χ1v) is 2.44. The summed E-state index contributed by atoms with van der Waals surface area (Å²) in [5, 5.41) is 7.57. The van der Waals surface area contributed by atoms with Gasteiger partial charge in [0, 0.05) is 6.20 Å². The lowest BCUT2D eigenvalue weighted by Gasteiger charge is -2.00. The van der Waals surface area contributed by atoms with E-state index in [1.54, 1.807) is 6.20 Å². The molecule has 1 aliphatic rings. The first-order chi connectivity index (χ1) is 3.39. The smallest absolute Gasteiger partial charge is 0.0719 e. The van der Waals surface area contributed by atoms with Crippen LogP contribution in [0.5, 0.6) is 0 Å². The Hall–Kier alpha value is -0.660. The lowest BCUT2D eigenvalue weighted by atomic mass is 10.2. The SMILES string of the molecule is C[C@H]1CC=CN=N1. The van der Waals surface area contributed by atoms with Crippen molar-refractivity contribution in [2.45, 2.75) is 19.4 Å². The molecular weight excluding hydrogens is 88.1 g/mol. The van der Waals surface area contributed by atoms with Gasteiger partial charge in [-0.2, -0.15) is 10.2 Å². The molecule has 2 nitrogen and oxygen atoms in total. The van der Waals surface area contributed by atoms with Gasteiger partial charge in [0.2, 0.25) is 0 Å². The van der Waals surface area contributed by atoms with E-state index >= 15 is 0 Å². The summed E-state index contributed by atoms with van der Waals surface area (Å²) in [4.78, 5) is 0. The van der Waals surface area contributed by atoms with Crippen molar-refractivity contribution in [2.75, 3.05) is 0 Å². The third kappa shape index (κ3) is 1.11. The largest absolute Gasteiger partial charge is 0.186 e. The Morgan fingerprint density at radius 2 is 2.57 bits per heavy atom. The summed E-state index contributed by atoms with van der Waals surface area (Å²) in [5.41, 5.74) is 0. The quantitative estimate of drug-likeness (QED) is 0.439. The highest BCUT2D eigenvalue weighted by Gasteiger charge is 1.95. The van der Waals surface area contributed by atoms with Gasteiger partial charge in [0.25, 0.3) is 0 Å². The molecule has 38 valence electrons. The molecule has 0 spiro atoms. The Morgan fingerprint density at radius 3 is 2.86 bits per heavy atom. The number of azo groups is 1. The van der Waals surface area contributed by atoms with Gasteiger partial charge >= 0.3 is 0 Å². The fraction of sp³-hybridized carbons (Fsp3) is 0.600. The highest BCUT2D eigenvalue weighted by molar-refractivity contribution is 4.86. The van der Waals surface area contributed by atoms with Crippen LogP contribution in [0.25, 0.3) is 0 Å². The second-order valence-corrected chi connectivity index (χ2v) is 1.70. The lowest BCUT2D eigenvalue weighted by molar-refractivity contribution is 0.694. The maximum Gasteiger partial charge on any atom is 0.0719 e. The highest BCUT2D eigenvalue weighted by atomic mass is 15.1. The molecule has 0 aromatic rings. The molecule has 1 heterocycles. The minimum atomic E-state index is 0.407. The molecule has 0 saturated heterocycles. The van der Waals surface area contributed by atoms with Crippen molar-refractivity contribution in [1.29, 1.82) is 0 Å². The van der Waals surface area contributed by atoms with E-state index in [9.17, 15) is 0 Å². The molecule has 1 rings (SSSR count). The predicted octanol–water partition coefficient (Wildman–Crippen LogP) is 1.74. The first-order valence-electron chi connectivity index (χ1n) is 2.44. The molecule has 1 atom stereocenters. The zero-order chi connectivity index (χ0) is 5.11. The van der Waals surface area contributed by atoms with Crippen molar-refractivity contribution in [3.8, 4) is 0 Å². The molecule has 2 heteroatoms. The average Bonchev–Trinajstić information content (AvgIpc) is 1.69. The van der Waals surface area contributed by atoms with Gasteiger partial charge in [0.15, 0.2) is 0 Å². The molecule has 0 unspecified atom stereocenters. The van der Waals surface area contributed by atoms with Crippen LogP contribution in [0.4, 0.5) is 0 Å². The minimum Gasteiger partial charge on any atom is -0.186 e. The number of hydrogen-bond acceptors (Lipinski definition) is 2. The summed E-state index contributed by atoms with van der Waals surface area (Å²) in [6.07, 6.45) is 4.81. The van der Waals surface area contributed by atoms with E-state index in [1.165, 1.54) is 0 Å². The topological polar surface area (TPSA) is 24.7 Å². The van der Waals surface area contributed by atoms with E-state index < -0.39 is 0 Å². The summed E-state index contributed by atoms with van der Waals surface area (Å²) in [7, 11) is 0. The van der Waals surface area contributed by atoms with E-state index in [-0.39, 0.29) is 0 Å². The van der Waals surface area contributed by atoms with Gasteiger partial charge in [-0.1, -0.05) is 6.08 Å². The molecule has 0 radical (unpaired) electrons. The Morgan fingerprint density at radius 1 is 1.71 bits per heavy atom. The maximum absolute atomic E-state index is 3.87. The van der Waals surface area contributed by atoms with Crippen LogP contribution in [0.15, 0.2) is 22.5 Å². The minimum absolute atomic E-state index is 0.407. The van der Waals surface area contributed by atoms with Gasteiger partial charge in [-0.3, -0.25) is 0 Å². The van der Waals surface area contributed by atoms with Crippen LogP contribution < -0.4 is 0 Å². The average molecular weight is 96.1 g/mol. The standard InChI is InChI=1S/C5H8N2/c1-5-3-2-4-6-7-5/h2,4-5H,3H2,1H3/t5-/m0/s1. The first kappa shape index (κ1) is 4.50. The monoisotopic (exact) mass is 96.1 g/mol. The lowest BCUT2D eigenvalue weighted by Crippen LogP contribution is -1.95. The Labute approximate surface area is 43.0 Å². The van der Waals surface area contributed by atoms with Crippen molar-refractivity contribution >= 4 is 0 Å². The Bertz CT molecular complexity index is 105. The predicted molar refractivity (Wildman–Crippen MR) is 28.1 cm³/mol. The van der Waals surface area contributed by atoms with Crippen LogP contribution in [-0.4, -0.2) is 6.04 Å². The van der Waals surface area contributed by atoms with E-state index in [0.29, 0.717) is 6.04 Å². The molecule has 0 aromatic carbocycles. The number of hydrogen-bond donors (Lipinski definition) is 0. The maximum atomic E-state index is 3.87. The van der Waals surface area contributed by atoms with Crippen LogP contribution >= 0.6 is 0 Å². The van der Waals surface area contributed by atoms with E-state index in [1.807, 2.05) is 13.0 Å². The second kappa shape index (κ2) is 1.87. The van der Waals surface area contributed by atoms with Crippen molar-refractivity contribution in [2.24, 2.45) is 10.2 Å². The fourth-order valence-electron chi connectivity index (χ4n) is 0.504. The van der Waals surface area contributed by atoms with Gasteiger partial charge in [-0.05, 0) is 13.3 Å². The third-order valence-electron chi connectivity index (χ3n) is 0.913. The molecule has 0 fully saturated rings. The van der Waals surface area contributed by atoms with Gasteiger partial charge in [-0.25, -0.2) is 0 Å². The molecule has 7 heavy (non-hydrogen) atoms. The second-order valence-electron chi connectivity index (χ2n) is 1.70. The number of nitrogens with zero attached hydrogens (tertiary/aromatic N) is 2. The van der Waals surface area contributed by atoms with Gasteiger partial charge < -0.3 is 0 Å². The van der Waals surface area contributed by atoms with Crippen molar-refractivity contribution in [1.82, 2.24) is 0 Å². The number of rotatable bonds is 0. The normalized spacial score (nSPS) is 28.4. The highest BCUT2D eigenvalue weighted by Crippen LogP contribution is 2.03. The van der Waals surface area contributed by atoms with Crippen LogP contribution in [0.1, 0.15) is 13.3 Å². The summed E-state index contributed by atoms with van der Waals surface area (Å²) in [6, 6.07) is 0.407. The summed E-state index contributed by atoms with van der Waals surface area (Å²) in [5.74, 6) is 0. The van der Waals surface area contributed by atoms with E-state index in [0.717, 1.165) is 6.42 Å². The molecule has 1 aliphatic heterocycles. The van der Waals surface area contributed by atoms with Gasteiger partial charge in [0.1, 0.15) is 0 Å². The van der Waals surface area contributed by atoms with Crippen molar-refractivity contribution in [3.05, 3.63) is 12.3 Å². The Balaban J connectivity index is 2.49. The van der Waals surface area contributed by atoms with Crippen LogP contribution in [0.3, 0.4) is 0 Å². The van der Waals surface area contributed by atoms with E-state index in [4.69, 9.17) is 0 Å². The Kier molecular flexibility index (Phi) is 1.20. The van der Waals surface area contributed by atoms with E-state index in [2.05, 4.69) is 10.2 Å². The zero-order valence-corrected chi connectivity index (χ0v) is 4.33. The van der Waals surface area contributed by atoms with Crippen molar-refractivity contribution < 1.29 is 0 Å². The van der Waals surface area contributed by atoms with Crippen LogP contribution in [-0.2, 0) is 0 Å².